The van der Waals surface area contributed by atoms with Crippen molar-refractivity contribution in [2.24, 2.45) is 0 Å². The van der Waals surface area contributed by atoms with Crippen molar-refractivity contribution in [3.05, 3.63) is 64.9 Å². The van der Waals surface area contributed by atoms with Gasteiger partial charge in [-0.2, -0.15) is 4.31 Å². The zero-order chi connectivity index (χ0) is 18.4. The first-order chi connectivity index (χ1) is 11.9. The second kappa shape index (κ2) is 8.42. The number of hydrogen-bond donors (Lipinski definition) is 1. The van der Waals surface area contributed by atoms with Crippen LogP contribution in [0.15, 0.2) is 53.4 Å². The van der Waals surface area contributed by atoms with Crippen LogP contribution >= 0.6 is 11.6 Å². The fourth-order valence-electron chi connectivity index (χ4n) is 2.25. The van der Waals surface area contributed by atoms with Crippen molar-refractivity contribution in [1.29, 1.82) is 0 Å². The first-order valence-electron chi connectivity index (χ1n) is 7.61. The molecule has 0 fully saturated rings. The topological polar surface area (TPSA) is 66.5 Å². The molecule has 134 valence electrons. The largest absolute Gasteiger partial charge is 0.355 e. The van der Waals surface area contributed by atoms with E-state index in [1.165, 1.54) is 18.2 Å². The van der Waals surface area contributed by atoms with E-state index in [2.05, 4.69) is 5.32 Å². The first-order valence-corrected chi connectivity index (χ1v) is 9.43. The molecule has 1 N–H and O–H groups in total. The van der Waals surface area contributed by atoms with Crippen LogP contribution in [0.5, 0.6) is 0 Å². The molecule has 0 saturated heterocycles. The van der Waals surface area contributed by atoms with Gasteiger partial charge in [0.1, 0.15) is 10.7 Å². The van der Waals surface area contributed by atoms with Gasteiger partial charge in [0.15, 0.2) is 0 Å². The third-order valence-electron chi connectivity index (χ3n) is 3.45. The summed E-state index contributed by atoms with van der Waals surface area (Å²) in [5.74, 6) is -1.35. The molecule has 0 aliphatic heterocycles. The molecule has 0 atom stereocenters. The molecule has 25 heavy (non-hydrogen) atoms. The van der Waals surface area contributed by atoms with Crippen molar-refractivity contribution in [3.63, 3.8) is 0 Å². The summed E-state index contributed by atoms with van der Waals surface area (Å²) in [6, 6.07) is 11.8. The van der Waals surface area contributed by atoms with Gasteiger partial charge < -0.3 is 5.32 Å². The number of benzene rings is 2. The van der Waals surface area contributed by atoms with Crippen LogP contribution < -0.4 is 5.32 Å². The Hall–Kier alpha value is -1.96. The molecule has 0 saturated carbocycles. The lowest BCUT2D eigenvalue weighted by Crippen LogP contribution is -2.40. The summed E-state index contributed by atoms with van der Waals surface area (Å²) in [4.78, 5) is 11.5. The number of carbonyl (C=O) groups excluding carboxylic acids is 1. The van der Waals surface area contributed by atoms with Gasteiger partial charge in [-0.15, -0.1) is 0 Å². The highest BCUT2D eigenvalue weighted by molar-refractivity contribution is 7.89. The average molecular weight is 385 g/mol. The molecule has 0 heterocycles. The van der Waals surface area contributed by atoms with E-state index >= 15 is 0 Å². The molecule has 1 amide bonds. The van der Waals surface area contributed by atoms with E-state index in [0.29, 0.717) is 17.1 Å². The van der Waals surface area contributed by atoms with Crippen molar-refractivity contribution in [3.8, 4) is 0 Å². The van der Waals surface area contributed by atoms with E-state index in [4.69, 9.17) is 11.6 Å². The predicted octanol–water partition coefficient (Wildman–Crippen LogP) is 2.81. The third-order valence-corrected chi connectivity index (χ3v) is 5.65. The van der Waals surface area contributed by atoms with E-state index in [-0.39, 0.29) is 6.54 Å². The highest BCUT2D eigenvalue weighted by Crippen LogP contribution is 2.23. The van der Waals surface area contributed by atoms with Gasteiger partial charge in [-0.05, 0) is 30.7 Å². The number of likely N-dealkylation sites (N-methyl/N-ethyl adjacent to an activating group) is 1. The van der Waals surface area contributed by atoms with Crippen LogP contribution in [0.2, 0.25) is 5.02 Å². The molecule has 0 bridgehead atoms. The second-order valence-electron chi connectivity index (χ2n) is 5.25. The minimum Gasteiger partial charge on any atom is -0.355 e. The SMILES string of the molecule is CCNC(=O)CN(Cc1ccccc1Cl)S(=O)(=O)c1ccccc1F. The van der Waals surface area contributed by atoms with Crippen LogP contribution in [-0.2, 0) is 21.4 Å². The van der Waals surface area contributed by atoms with Crippen LogP contribution in [-0.4, -0.2) is 31.7 Å². The van der Waals surface area contributed by atoms with Crippen molar-refractivity contribution < 1.29 is 17.6 Å². The zero-order valence-electron chi connectivity index (χ0n) is 13.6. The highest BCUT2D eigenvalue weighted by atomic mass is 35.5. The molecular weight excluding hydrogens is 367 g/mol. The number of sulfonamides is 1. The van der Waals surface area contributed by atoms with E-state index < -0.39 is 33.2 Å². The van der Waals surface area contributed by atoms with E-state index in [0.717, 1.165) is 10.4 Å². The van der Waals surface area contributed by atoms with Gasteiger partial charge in [0.25, 0.3) is 0 Å². The molecule has 0 aromatic heterocycles. The molecule has 2 aromatic carbocycles. The first kappa shape index (κ1) is 19.4. The summed E-state index contributed by atoms with van der Waals surface area (Å²) >= 11 is 6.10. The van der Waals surface area contributed by atoms with Gasteiger partial charge in [0.05, 0.1) is 6.54 Å². The molecule has 5 nitrogen and oxygen atoms in total. The lowest BCUT2D eigenvalue weighted by atomic mass is 10.2. The third kappa shape index (κ3) is 4.78. The number of rotatable bonds is 7. The Bertz CT molecular complexity index is 858. The Morgan fingerprint density at radius 1 is 1.16 bits per heavy atom. The fourth-order valence-corrected chi connectivity index (χ4v) is 3.88. The van der Waals surface area contributed by atoms with Crippen LogP contribution in [0.3, 0.4) is 0 Å². The van der Waals surface area contributed by atoms with Crippen LogP contribution in [0.1, 0.15) is 12.5 Å². The Balaban J connectivity index is 2.42. The maximum atomic E-state index is 14.0. The predicted molar refractivity (Wildman–Crippen MR) is 94.1 cm³/mol. The zero-order valence-corrected chi connectivity index (χ0v) is 15.1. The molecule has 0 radical (unpaired) electrons. The van der Waals surface area contributed by atoms with Crippen LogP contribution in [0.25, 0.3) is 0 Å². The minimum absolute atomic E-state index is 0.145. The van der Waals surface area contributed by atoms with E-state index in [9.17, 15) is 17.6 Å². The Kier molecular flexibility index (Phi) is 6.52. The molecule has 2 rings (SSSR count). The molecule has 0 spiro atoms. The number of hydrogen-bond acceptors (Lipinski definition) is 3. The number of nitrogens with one attached hydrogen (secondary N) is 1. The van der Waals surface area contributed by atoms with Gasteiger partial charge in [-0.25, -0.2) is 12.8 Å². The smallest absolute Gasteiger partial charge is 0.246 e. The minimum atomic E-state index is -4.22. The molecule has 0 aliphatic rings. The summed E-state index contributed by atoms with van der Waals surface area (Å²) in [6.07, 6.45) is 0. The molecule has 0 unspecified atom stereocenters. The Morgan fingerprint density at radius 2 is 1.80 bits per heavy atom. The van der Waals surface area contributed by atoms with Gasteiger partial charge in [0, 0.05) is 18.1 Å². The Morgan fingerprint density at radius 3 is 2.44 bits per heavy atom. The van der Waals surface area contributed by atoms with Gasteiger partial charge in [0.2, 0.25) is 15.9 Å². The highest BCUT2D eigenvalue weighted by Gasteiger charge is 2.29. The van der Waals surface area contributed by atoms with E-state index in [1.54, 1.807) is 31.2 Å². The molecule has 8 heteroatoms. The lowest BCUT2D eigenvalue weighted by Gasteiger charge is -2.22. The summed E-state index contributed by atoms with van der Waals surface area (Å²) in [5, 5.41) is 2.91. The standard InChI is InChI=1S/C17H18ClFN2O3S/c1-2-20-17(22)12-21(11-13-7-3-4-8-14(13)18)25(23,24)16-10-6-5-9-15(16)19/h3-10H,2,11-12H2,1H3,(H,20,22). The van der Waals surface area contributed by atoms with Crippen LogP contribution in [0.4, 0.5) is 4.39 Å². The Labute approximate surface area is 151 Å². The number of carbonyl (C=O) groups is 1. The summed E-state index contributed by atoms with van der Waals surface area (Å²) in [5.41, 5.74) is 0.522. The normalized spacial score (nSPS) is 11.5. The maximum Gasteiger partial charge on any atom is 0.246 e. The average Bonchev–Trinajstić information content (AvgIpc) is 2.56. The summed E-state index contributed by atoms with van der Waals surface area (Å²) in [6.45, 7) is 1.50. The van der Waals surface area contributed by atoms with Crippen molar-refractivity contribution in [2.75, 3.05) is 13.1 Å². The molecule has 0 aliphatic carbocycles. The number of amides is 1. The van der Waals surface area contributed by atoms with Crippen LogP contribution in [0, 0.1) is 5.82 Å². The number of nitrogens with zero attached hydrogens (tertiary/aromatic N) is 1. The number of halogens is 2. The van der Waals surface area contributed by atoms with Crippen molar-refractivity contribution >= 4 is 27.5 Å². The van der Waals surface area contributed by atoms with Gasteiger partial charge in [-0.1, -0.05) is 41.9 Å². The van der Waals surface area contributed by atoms with Crippen molar-refractivity contribution in [1.82, 2.24) is 9.62 Å². The summed E-state index contributed by atoms with van der Waals surface area (Å²) in [7, 11) is -4.22. The monoisotopic (exact) mass is 384 g/mol. The van der Waals surface area contributed by atoms with E-state index in [1.807, 2.05) is 0 Å². The fraction of sp³-hybridized carbons (Fsp3) is 0.235. The van der Waals surface area contributed by atoms with Crippen molar-refractivity contribution in [2.45, 2.75) is 18.4 Å². The van der Waals surface area contributed by atoms with Gasteiger partial charge >= 0.3 is 0 Å². The molecular formula is C17H18ClFN2O3S. The van der Waals surface area contributed by atoms with Gasteiger partial charge in [-0.3, -0.25) is 4.79 Å². The molecule has 2 aromatic rings. The second-order valence-corrected chi connectivity index (χ2v) is 7.56. The lowest BCUT2D eigenvalue weighted by molar-refractivity contribution is -0.121. The maximum absolute atomic E-state index is 14.0. The summed E-state index contributed by atoms with van der Waals surface area (Å²) < 4.78 is 40.7. The quantitative estimate of drug-likeness (QED) is 0.798.